The third-order valence-corrected chi connectivity index (χ3v) is 6.99. The molecule has 0 aliphatic carbocycles. The van der Waals surface area contributed by atoms with Gasteiger partial charge in [-0.05, 0) is 18.6 Å². The first kappa shape index (κ1) is 51.9. The summed E-state index contributed by atoms with van der Waals surface area (Å²) < 4.78 is 70.9. The van der Waals surface area contributed by atoms with Crippen LogP contribution in [-0.4, -0.2) is 194 Å². The Kier molecular flexibility index (Phi) is 37.4. The summed E-state index contributed by atoms with van der Waals surface area (Å²) in [7, 11) is 0. The number of benzene rings is 1. The van der Waals surface area contributed by atoms with Crippen molar-refractivity contribution in [3.8, 4) is 5.75 Å². The first-order valence-corrected chi connectivity index (χ1v) is 19.3. The van der Waals surface area contributed by atoms with Crippen molar-refractivity contribution in [3.63, 3.8) is 0 Å². The van der Waals surface area contributed by atoms with Gasteiger partial charge in [0.05, 0.1) is 163 Å². The van der Waals surface area contributed by atoms with Crippen LogP contribution in [0, 0.1) is 10.1 Å². The molecule has 330 valence electrons. The molecule has 2 N–H and O–H groups in total. The van der Waals surface area contributed by atoms with Crippen molar-refractivity contribution in [2.24, 2.45) is 0 Å². The van der Waals surface area contributed by atoms with E-state index in [1.807, 2.05) is 0 Å². The van der Waals surface area contributed by atoms with E-state index in [-0.39, 0.29) is 24.4 Å². The molecule has 0 saturated heterocycles. The lowest BCUT2D eigenvalue weighted by molar-refractivity contribution is -0.384. The molecule has 0 bridgehead atoms. The third-order valence-electron chi connectivity index (χ3n) is 6.99. The number of ether oxygens (including phenoxy) is 13. The van der Waals surface area contributed by atoms with E-state index in [1.54, 1.807) is 12.1 Å². The van der Waals surface area contributed by atoms with E-state index in [1.165, 1.54) is 12.1 Å². The van der Waals surface area contributed by atoms with Gasteiger partial charge in [-0.1, -0.05) is 0 Å². The molecule has 0 fully saturated rings. The van der Waals surface area contributed by atoms with E-state index in [0.717, 1.165) is 0 Å². The molecule has 0 unspecified atom stereocenters. The first-order chi connectivity index (χ1) is 28.0. The molecule has 1 aromatic rings. The minimum atomic E-state index is -0.988. The zero-order valence-corrected chi connectivity index (χ0v) is 33.2. The number of carbonyl (C=O) groups excluding carboxylic acids is 1. The predicted octanol–water partition coefficient (Wildman–Crippen LogP) is 1.54. The Morgan fingerprint density at radius 3 is 1.07 bits per heavy atom. The number of amides is 1. The smallest absolute Gasteiger partial charge is 0.303 e. The number of rotatable bonds is 45. The normalized spacial score (nSPS) is 11.2. The number of nitro benzene ring substituents is 1. The Hall–Kier alpha value is -3.12. The second-order valence-corrected chi connectivity index (χ2v) is 11.5. The van der Waals surface area contributed by atoms with Crippen LogP contribution >= 0.6 is 0 Å². The number of hydrogen-bond acceptors (Lipinski definition) is 17. The maximum atomic E-state index is 11.4. The van der Waals surface area contributed by atoms with E-state index >= 15 is 0 Å². The summed E-state index contributed by atoms with van der Waals surface area (Å²) in [5.41, 5.74) is 0.0188. The second-order valence-electron chi connectivity index (χ2n) is 11.5. The van der Waals surface area contributed by atoms with Crippen LogP contribution < -0.4 is 10.1 Å². The quantitative estimate of drug-likeness (QED) is 0.0540. The van der Waals surface area contributed by atoms with Gasteiger partial charge in [-0.2, -0.15) is 0 Å². The van der Waals surface area contributed by atoms with Crippen LogP contribution in [0.4, 0.5) is 5.69 Å². The number of carbonyl (C=O) groups is 2. The second kappa shape index (κ2) is 41.1. The summed E-state index contributed by atoms with van der Waals surface area (Å²) in [6, 6.07) is 5.89. The lowest BCUT2D eigenvalue weighted by Gasteiger charge is -2.09. The fourth-order valence-electron chi connectivity index (χ4n) is 4.11. The van der Waals surface area contributed by atoms with Crippen LogP contribution in [0.5, 0.6) is 5.75 Å². The standard InChI is InChI=1S/C37H64N2O18/c40-36(6-7-37(41)42)38-8-1-9-45-10-11-46-12-13-47-14-15-48-16-17-49-18-19-50-20-21-51-22-23-52-24-25-53-26-27-54-28-29-55-30-31-56-32-33-57-35-4-2-34(3-5-35)39(43)44/h2-5H,1,6-33H2,(H,38,40)(H,41,42). The summed E-state index contributed by atoms with van der Waals surface area (Å²) >= 11 is 0. The number of non-ortho nitro benzene ring substituents is 1. The number of nitro groups is 1. The van der Waals surface area contributed by atoms with Crippen molar-refractivity contribution in [2.45, 2.75) is 19.3 Å². The van der Waals surface area contributed by atoms with E-state index in [2.05, 4.69) is 5.32 Å². The van der Waals surface area contributed by atoms with Crippen molar-refractivity contribution >= 4 is 17.6 Å². The molecule has 57 heavy (non-hydrogen) atoms. The average molecular weight is 825 g/mol. The maximum Gasteiger partial charge on any atom is 0.303 e. The van der Waals surface area contributed by atoms with Crippen LogP contribution in [0.15, 0.2) is 24.3 Å². The molecule has 0 saturated carbocycles. The summed E-state index contributed by atoms with van der Waals surface area (Å²) in [5.74, 6) is -0.713. The summed E-state index contributed by atoms with van der Waals surface area (Å²) in [6.07, 6.45) is 0.456. The van der Waals surface area contributed by atoms with Gasteiger partial charge in [0.1, 0.15) is 12.4 Å². The molecule has 0 heterocycles. The molecule has 0 aliphatic heterocycles. The third kappa shape index (κ3) is 38.2. The topological polar surface area (TPSA) is 230 Å². The zero-order valence-electron chi connectivity index (χ0n) is 33.2. The highest BCUT2D eigenvalue weighted by molar-refractivity contribution is 5.80. The number of carboxylic acids is 1. The van der Waals surface area contributed by atoms with Crippen LogP contribution in [-0.2, 0) is 66.4 Å². The van der Waals surface area contributed by atoms with E-state index in [0.29, 0.717) is 184 Å². The monoisotopic (exact) mass is 824 g/mol. The van der Waals surface area contributed by atoms with Crippen LogP contribution in [0.1, 0.15) is 19.3 Å². The predicted molar refractivity (Wildman–Crippen MR) is 203 cm³/mol. The van der Waals surface area contributed by atoms with Gasteiger partial charge in [0, 0.05) is 31.7 Å². The maximum absolute atomic E-state index is 11.4. The van der Waals surface area contributed by atoms with Crippen molar-refractivity contribution in [1.82, 2.24) is 5.32 Å². The highest BCUT2D eigenvalue weighted by atomic mass is 16.6. The molecule has 0 spiro atoms. The number of nitrogens with zero attached hydrogens (tertiary/aromatic N) is 1. The lowest BCUT2D eigenvalue weighted by atomic mass is 10.3. The largest absolute Gasteiger partial charge is 0.491 e. The zero-order chi connectivity index (χ0) is 41.1. The average Bonchev–Trinajstić information content (AvgIpc) is 3.20. The first-order valence-electron chi connectivity index (χ1n) is 19.3. The Morgan fingerprint density at radius 2 is 0.772 bits per heavy atom. The highest BCUT2D eigenvalue weighted by Gasteiger charge is 2.05. The van der Waals surface area contributed by atoms with Crippen LogP contribution in [0.3, 0.4) is 0 Å². The number of hydrogen-bond donors (Lipinski definition) is 2. The molecule has 0 aromatic heterocycles. The van der Waals surface area contributed by atoms with Gasteiger partial charge >= 0.3 is 5.97 Å². The molecule has 1 aromatic carbocycles. The number of nitrogens with one attached hydrogen (secondary N) is 1. The number of aliphatic carboxylic acids is 1. The Balaban J connectivity index is 1.64. The van der Waals surface area contributed by atoms with Gasteiger partial charge in [0.2, 0.25) is 5.91 Å². The molecule has 1 rings (SSSR count). The Bertz CT molecular complexity index is 1070. The van der Waals surface area contributed by atoms with Gasteiger partial charge in [-0.25, -0.2) is 0 Å². The number of carboxylic acid groups (broad SMARTS) is 1. The van der Waals surface area contributed by atoms with E-state index in [4.69, 9.17) is 66.7 Å². The summed E-state index contributed by atoms with van der Waals surface area (Å²) in [4.78, 5) is 32.0. The molecule has 20 nitrogen and oxygen atoms in total. The van der Waals surface area contributed by atoms with Crippen molar-refractivity contribution in [1.29, 1.82) is 0 Å². The van der Waals surface area contributed by atoms with Gasteiger partial charge in [-0.3, -0.25) is 19.7 Å². The summed E-state index contributed by atoms with van der Waals surface area (Å²) in [6.45, 7) is 11.8. The fraction of sp³-hybridized carbons (Fsp3) is 0.784. The van der Waals surface area contributed by atoms with Crippen LogP contribution in [0.2, 0.25) is 0 Å². The van der Waals surface area contributed by atoms with Crippen molar-refractivity contribution in [3.05, 3.63) is 34.4 Å². The van der Waals surface area contributed by atoms with E-state index in [9.17, 15) is 19.7 Å². The van der Waals surface area contributed by atoms with Crippen molar-refractivity contribution < 1.29 is 81.2 Å². The molecule has 0 aliphatic rings. The van der Waals surface area contributed by atoms with Gasteiger partial charge in [0.25, 0.3) is 5.69 Å². The molecule has 0 atom stereocenters. The molecule has 20 heteroatoms. The van der Waals surface area contributed by atoms with Gasteiger partial charge < -0.3 is 72.0 Å². The van der Waals surface area contributed by atoms with E-state index < -0.39 is 10.9 Å². The minimum absolute atomic E-state index is 0.0168. The molecule has 0 radical (unpaired) electrons. The molecule has 1 amide bonds. The fourth-order valence-corrected chi connectivity index (χ4v) is 4.11. The van der Waals surface area contributed by atoms with Crippen LogP contribution in [0.25, 0.3) is 0 Å². The Labute approximate surface area is 335 Å². The molecular formula is C37H64N2O18. The Morgan fingerprint density at radius 1 is 0.474 bits per heavy atom. The molecular weight excluding hydrogens is 760 g/mol. The highest BCUT2D eigenvalue weighted by Crippen LogP contribution is 2.17. The van der Waals surface area contributed by atoms with Gasteiger partial charge in [0.15, 0.2) is 0 Å². The minimum Gasteiger partial charge on any atom is -0.491 e. The SMILES string of the molecule is O=C(O)CCC(=O)NCCCOCCOCCOCCOCCOCCOCCOCCOCCOCCOCCOCCOCCOc1ccc([N+](=O)[O-])cc1. The summed E-state index contributed by atoms with van der Waals surface area (Å²) in [5, 5.41) is 21.8. The van der Waals surface area contributed by atoms with Gasteiger partial charge in [-0.15, -0.1) is 0 Å². The van der Waals surface area contributed by atoms with Crippen molar-refractivity contribution in [2.75, 3.05) is 172 Å². The lowest BCUT2D eigenvalue weighted by Crippen LogP contribution is -2.25.